The fraction of sp³-hybridized carbons (Fsp3) is 0.333. The van der Waals surface area contributed by atoms with Gasteiger partial charge in [0.25, 0.3) is 0 Å². The van der Waals surface area contributed by atoms with Gasteiger partial charge in [0.05, 0.1) is 0 Å². The van der Waals surface area contributed by atoms with Crippen molar-refractivity contribution in [2.24, 2.45) is 0 Å². The van der Waals surface area contributed by atoms with Gasteiger partial charge >= 0.3 is 5.97 Å². The van der Waals surface area contributed by atoms with Crippen LogP contribution in [0.3, 0.4) is 0 Å². The van der Waals surface area contributed by atoms with Crippen LogP contribution in [0.25, 0.3) is 10.8 Å². The minimum Gasteiger partial charge on any atom is -0.481 e. The standard InChI is InChI=1S/C15H17BrN2O2/c1-15(2,8-6-13(19)20)18-14-11-4-3-5-12(16)10(11)7-9-17-14/h3-5,7,9H,6,8H2,1-2H3,(H,17,18)(H,19,20). The normalized spacial score (nSPS) is 11.6. The van der Waals surface area contributed by atoms with E-state index in [1.807, 2.05) is 38.1 Å². The number of halogens is 1. The maximum atomic E-state index is 10.7. The van der Waals surface area contributed by atoms with Gasteiger partial charge in [-0.3, -0.25) is 4.79 Å². The van der Waals surface area contributed by atoms with Crippen LogP contribution < -0.4 is 5.32 Å². The first-order valence-corrected chi connectivity index (χ1v) is 7.21. The zero-order valence-corrected chi connectivity index (χ0v) is 13.1. The molecule has 4 nitrogen and oxygen atoms in total. The molecule has 1 aromatic heterocycles. The number of aliphatic carboxylic acids is 1. The number of nitrogens with one attached hydrogen (secondary N) is 1. The molecule has 0 saturated carbocycles. The van der Waals surface area contributed by atoms with Gasteiger partial charge in [0.2, 0.25) is 0 Å². The minimum atomic E-state index is -0.784. The fourth-order valence-corrected chi connectivity index (χ4v) is 2.57. The number of rotatable bonds is 5. The van der Waals surface area contributed by atoms with E-state index in [0.717, 1.165) is 21.1 Å². The number of nitrogens with zero attached hydrogens (tertiary/aromatic N) is 1. The lowest BCUT2D eigenvalue weighted by Crippen LogP contribution is -2.32. The molecule has 1 aromatic carbocycles. The second-order valence-electron chi connectivity index (χ2n) is 5.40. The molecule has 0 aliphatic rings. The van der Waals surface area contributed by atoms with Crippen molar-refractivity contribution >= 4 is 38.5 Å². The highest BCUT2D eigenvalue weighted by atomic mass is 79.9. The lowest BCUT2D eigenvalue weighted by molar-refractivity contribution is -0.137. The van der Waals surface area contributed by atoms with Crippen molar-refractivity contribution in [1.82, 2.24) is 4.98 Å². The summed E-state index contributed by atoms with van der Waals surface area (Å²) in [5, 5.41) is 14.3. The van der Waals surface area contributed by atoms with E-state index in [-0.39, 0.29) is 12.0 Å². The predicted molar refractivity (Wildman–Crippen MR) is 84.0 cm³/mol. The number of fused-ring (bicyclic) bond motifs is 1. The molecule has 0 saturated heterocycles. The number of benzene rings is 1. The Kier molecular flexibility index (Phi) is 4.28. The Morgan fingerprint density at radius 3 is 2.80 bits per heavy atom. The van der Waals surface area contributed by atoms with Crippen LogP contribution in [-0.2, 0) is 4.79 Å². The van der Waals surface area contributed by atoms with E-state index in [1.165, 1.54) is 0 Å². The summed E-state index contributed by atoms with van der Waals surface area (Å²) in [6.45, 7) is 3.96. The number of aromatic nitrogens is 1. The molecule has 2 aromatic rings. The van der Waals surface area contributed by atoms with Gasteiger partial charge in [0.15, 0.2) is 0 Å². The summed E-state index contributed by atoms with van der Waals surface area (Å²) in [5.74, 6) is -0.00677. The number of anilines is 1. The van der Waals surface area contributed by atoms with E-state index in [0.29, 0.717) is 6.42 Å². The molecule has 106 valence electrons. The molecule has 20 heavy (non-hydrogen) atoms. The Morgan fingerprint density at radius 1 is 1.35 bits per heavy atom. The largest absolute Gasteiger partial charge is 0.481 e. The lowest BCUT2D eigenvalue weighted by atomic mass is 9.98. The molecule has 0 amide bonds. The molecular weight excluding hydrogens is 320 g/mol. The Hall–Kier alpha value is -1.62. The van der Waals surface area contributed by atoms with Gasteiger partial charge in [0.1, 0.15) is 5.82 Å². The van der Waals surface area contributed by atoms with Gasteiger partial charge in [-0.2, -0.15) is 0 Å². The van der Waals surface area contributed by atoms with Gasteiger partial charge in [-0.15, -0.1) is 0 Å². The van der Waals surface area contributed by atoms with Gasteiger partial charge < -0.3 is 10.4 Å². The van der Waals surface area contributed by atoms with Gasteiger partial charge in [-0.25, -0.2) is 4.98 Å². The van der Waals surface area contributed by atoms with Crippen LogP contribution in [0.2, 0.25) is 0 Å². The topological polar surface area (TPSA) is 62.2 Å². The highest BCUT2D eigenvalue weighted by molar-refractivity contribution is 9.10. The lowest BCUT2D eigenvalue weighted by Gasteiger charge is -2.27. The Bertz CT molecular complexity index is 641. The third-order valence-electron chi connectivity index (χ3n) is 3.17. The van der Waals surface area contributed by atoms with E-state index in [4.69, 9.17) is 5.11 Å². The quantitative estimate of drug-likeness (QED) is 0.864. The third kappa shape index (κ3) is 3.48. The van der Waals surface area contributed by atoms with Gasteiger partial charge in [-0.1, -0.05) is 28.1 Å². The minimum absolute atomic E-state index is 0.133. The molecule has 2 rings (SSSR count). The Morgan fingerprint density at radius 2 is 2.10 bits per heavy atom. The SMILES string of the molecule is CC(C)(CCC(=O)O)Nc1nccc2c(Br)cccc12. The zero-order chi connectivity index (χ0) is 14.8. The summed E-state index contributed by atoms with van der Waals surface area (Å²) in [6.07, 6.45) is 2.42. The molecule has 0 radical (unpaired) electrons. The number of carbonyl (C=O) groups is 1. The summed E-state index contributed by atoms with van der Waals surface area (Å²) < 4.78 is 1.02. The van der Waals surface area contributed by atoms with Crippen molar-refractivity contribution < 1.29 is 9.90 Å². The first kappa shape index (κ1) is 14.8. The maximum absolute atomic E-state index is 10.7. The van der Waals surface area contributed by atoms with Crippen molar-refractivity contribution in [3.8, 4) is 0 Å². The number of carboxylic acids is 1. The van der Waals surface area contributed by atoms with E-state index in [9.17, 15) is 4.79 Å². The van der Waals surface area contributed by atoms with Crippen LogP contribution in [0.15, 0.2) is 34.9 Å². The number of hydrogen-bond acceptors (Lipinski definition) is 3. The summed E-state index contributed by atoms with van der Waals surface area (Å²) in [4.78, 5) is 15.1. The molecule has 1 heterocycles. The summed E-state index contributed by atoms with van der Waals surface area (Å²) in [5.41, 5.74) is -0.331. The predicted octanol–water partition coefficient (Wildman–Crippen LogP) is 4.05. The smallest absolute Gasteiger partial charge is 0.303 e. The van der Waals surface area contributed by atoms with Crippen LogP contribution in [-0.4, -0.2) is 21.6 Å². The van der Waals surface area contributed by atoms with Crippen LogP contribution in [0.5, 0.6) is 0 Å². The summed E-state index contributed by atoms with van der Waals surface area (Å²) >= 11 is 3.53. The third-order valence-corrected chi connectivity index (χ3v) is 3.87. The Balaban J connectivity index is 2.29. The second-order valence-corrected chi connectivity index (χ2v) is 6.25. The van der Waals surface area contributed by atoms with Crippen molar-refractivity contribution in [2.45, 2.75) is 32.2 Å². The van der Waals surface area contributed by atoms with Crippen molar-refractivity contribution in [2.75, 3.05) is 5.32 Å². The maximum Gasteiger partial charge on any atom is 0.303 e. The molecule has 0 atom stereocenters. The molecule has 2 N–H and O–H groups in total. The molecule has 0 bridgehead atoms. The van der Waals surface area contributed by atoms with Crippen LogP contribution >= 0.6 is 15.9 Å². The first-order valence-electron chi connectivity index (χ1n) is 6.42. The average Bonchev–Trinajstić information content (AvgIpc) is 2.38. The number of carboxylic acid groups (broad SMARTS) is 1. The fourth-order valence-electron chi connectivity index (χ4n) is 2.07. The molecule has 0 fully saturated rings. The van der Waals surface area contributed by atoms with E-state index < -0.39 is 5.97 Å². The van der Waals surface area contributed by atoms with E-state index in [2.05, 4.69) is 26.2 Å². The molecule has 5 heteroatoms. The van der Waals surface area contributed by atoms with Crippen LogP contribution in [0, 0.1) is 0 Å². The molecule has 0 unspecified atom stereocenters. The molecule has 0 aliphatic carbocycles. The molecule has 0 spiro atoms. The average molecular weight is 337 g/mol. The van der Waals surface area contributed by atoms with E-state index in [1.54, 1.807) is 6.20 Å². The first-order chi connectivity index (χ1) is 9.39. The highest BCUT2D eigenvalue weighted by Gasteiger charge is 2.20. The summed E-state index contributed by atoms with van der Waals surface area (Å²) in [7, 11) is 0. The van der Waals surface area contributed by atoms with Gasteiger partial charge in [0, 0.05) is 33.4 Å². The van der Waals surface area contributed by atoms with Gasteiger partial charge in [-0.05, 0) is 32.4 Å². The van der Waals surface area contributed by atoms with Crippen molar-refractivity contribution in [3.63, 3.8) is 0 Å². The molecule has 0 aliphatic heterocycles. The van der Waals surface area contributed by atoms with Crippen LogP contribution in [0.1, 0.15) is 26.7 Å². The number of hydrogen-bond donors (Lipinski definition) is 2. The second kappa shape index (κ2) is 5.79. The zero-order valence-electron chi connectivity index (χ0n) is 11.5. The van der Waals surface area contributed by atoms with E-state index >= 15 is 0 Å². The molecular formula is C15H17BrN2O2. The number of pyridine rings is 1. The summed E-state index contributed by atoms with van der Waals surface area (Å²) in [6, 6.07) is 7.91. The highest BCUT2D eigenvalue weighted by Crippen LogP contribution is 2.29. The van der Waals surface area contributed by atoms with Crippen molar-refractivity contribution in [1.29, 1.82) is 0 Å². The van der Waals surface area contributed by atoms with Crippen molar-refractivity contribution in [3.05, 3.63) is 34.9 Å². The monoisotopic (exact) mass is 336 g/mol. The Labute approximate surface area is 126 Å². The van der Waals surface area contributed by atoms with Crippen LogP contribution in [0.4, 0.5) is 5.82 Å².